The number of allylic oxidation sites excluding steroid dienone is 2. The second-order valence-electron chi connectivity index (χ2n) is 6.05. The molecule has 1 unspecified atom stereocenters. The molecule has 0 bridgehead atoms. The topological polar surface area (TPSA) is 78.0 Å². The van der Waals surface area contributed by atoms with Gasteiger partial charge < -0.3 is 15.8 Å². The Hall–Kier alpha value is -2.75. The lowest BCUT2D eigenvalue weighted by molar-refractivity contribution is -0.253. The molecule has 0 fully saturated rings. The number of hydrogen-bond donors (Lipinski definition) is 2. The highest BCUT2D eigenvalue weighted by Crippen LogP contribution is 2.29. The molecule has 0 saturated heterocycles. The second-order valence-corrected chi connectivity index (χ2v) is 6.43. The average Bonchev–Trinajstić information content (AvgIpc) is 3.10. The number of anilines is 1. The van der Waals surface area contributed by atoms with Gasteiger partial charge in [0.15, 0.2) is 5.82 Å². The first-order valence-corrected chi connectivity index (χ1v) is 8.89. The van der Waals surface area contributed by atoms with Crippen LogP contribution in [0.25, 0.3) is 5.82 Å². The van der Waals surface area contributed by atoms with Gasteiger partial charge in [0.25, 0.3) is 0 Å². The number of aromatic nitrogens is 3. The van der Waals surface area contributed by atoms with Crippen molar-refractivity contribution in [3.05, 3.63) is 53.3 Å². The van der Waals surface area contributed by atoms with Crippen molar-refractivity contribution in [1.82, 2.24) is 20.1 Å². The summed E-state index contributed by atoms with van der Waals surface area (Å²) in [6.45, 7) is 7.55. The fourth-order valence-corrected chi connectivity index (χ4v) is 2.55. The summed E-state index contributed by atoms with van der Waals surface area (Å²) in [6.07, 6.45) is -6.66. The number of alkyl halides is 4. The summed E-state index contributed by atoms with van der Waals surface area (Å²) < 4.78 is 55.9. The maximum Gasteiger partial charge on any atom is 0.461 e. The van der Waals surface area contributed by atoms with Crippen molar-refractivity contribution in [2.24, 2.45) is 0 Å². The summed E-state index contributed by atoms with van der Waals surface area (Å²) in [5.74, 6) is 0.0465. The average molecular weight is 434 g/mol. The number of hydrogen-bond acceptors (Lipinski definition) is 5. The minimum atomic E-state index is -4.57. The summed E-state index contributed by atoms with van der Waals surface area (Å²) in [6, 6.07) is 4.86. The molecule has 29 heavy (non-hydrogen) atoms. The van der Waals surface area contributed by atoms with E-state index >= 15 is 0 Å². The van der Waals surface area contributed by atoms with Gasteiger partial charge >= 0.3 is 12.5 Å². The highest BCUT2D eigenvalue weighted by atomic mass is 35.5. The van der Waals surface area contributed by atoms with Crippen LogP contribution in [0.3, 0.4) is 0 Å². The highest BCUT2D eigenvalue weighted by molar-refractivity contribution is 6.34. The largest absolute Gasteiger partial charge is 0.461 e. The first-order valence-electron chi connectivity index (χ1n) is 8.52. The van der Waals surface area contributed by atoms with Crippen molar-refractivity contribution in [1.29, 1.82) is 0 Å². The minimum absolute atomic E-state index is 0.0970. The third-order valence-corrected chi connectivity index (χ3v) is 4.42. The third kappa shape index (κ3) is 5.41. The Morgan fingerprint density at radius 3 is 2.45 bits per heavy atom. The van der Waals surface area contributed by atoms with E-state index in [0.717, 1.165) is 0 Å². The highest BCUT2D eigenvalue weighted by Gasteiger charge is 2.43. The van der Waals surface area contributed by atoms with Crippen molar-refractivity contribution in [2.45, 2.75) is 38.8 Å². The quantitative estimate of drug-likeness (QED) is 0.439. The van der Waals surface area contributed by atoms with E-state index in [2.05, 4.69) is 26.7 Å². The van der Waals surface area contributed by atoms with Crippen LogP contribution < -0.4 is 15.8 Å². The van der Waals surface area contributed by atoms with E-state index in [1.807, 2.05) is 6.92 Å². The molecule has 0 amide bonds. The first kappa shape index (κ1) is 22.5. The van der Waals surface area contributed by atoms with Crippen LogP contribution in [0.4, 0.5) is 23.5 Å². The predicted molar refractivity (Wildman–Crippen MR) is 103 cm³/mol. The van der Waals surface area contributed by atoms with Gasteiger partial charge in [-0.1, -0.05) is 37.2 Å². The maximum absolute atomic E-state index is 13.0. The molecule has 1 atom stereocenters. The Kier molecular flexibility index (Phi) is 7.12. The Morgan fingerprint density at radius 1 is 1.34 bits per heavy atom. The van der Waals surface area contributed by atoms with Gasteiger partial charge in [-0.2, -0.15) is 32.3 Å². The molecule has 0 spiro atoms. The Balaban J connectivity index is 2.25. The molecule has 1 aromatic heterocycles. The van der Waals surface area contributed by atoms with Crippen molar-refractivity contribution >= 4 is 23.4 Å². The van der Waals surface area contributed by atoms with Crippen LogP contribution in [0.2, 0.25) is 0 Å². The standard InChI is InChI=1S/C18H20ClF4N5O/c1-4-10(2)14(19)15(28-17(24)25-9-26-28)27-11(3)12-5-7-13(8-6-12)29-18(22,23)16(20)21/h5-9,11,16,27H,2,4H2,1,3H3,(H2,24,25,26)/b15-14+. The van der Waals surface area contributed by atoms with Crippen LogP contribution in [0.1, 0.15) is 31.9 Å². The molecule has 158 valence electrons. The van der Waals surface area contributed by atoms with Gasteiger partial charge in [-0.15, -0.1) is 0 Å². The van der Waals surface area contributed by atoms with Crippen LogP contribution in [-0.2, 0) is 0 Å². The summed E-state index contributed by atoms with van der Waals surface area (Å²) >= 11 is 6.42. The number of benzene rings is 1. The molecule has 11 heteroatoms. The summed E-state index contributed by atoms with van der Waals surface area (Å²) in [5, 5.41) is 7.47. The van der Waals surface area contributed by atoms with Crippen LogP contribution in [0.15, 0.2) is 47.8 Å². The second kappa shape index (κ2) is 9.17. The van der Waals surface area contributed by atoms with E-state index in [1.54, 1.807) is 6.92 Å². The number of nitrogen functional groups attached to an aromatic ring is 1. The van der Waals surface area contributed by atoms with Gasteiger partial charge in [0.1, 0.15) is 12.1 Å². The van der Waals surface area contributed by atoms with Gasteiger partial charge in [-0.3, -0.25) is 0 Å². The SMILES string of the molecule is C=C(CC)/C(Cl)=C(/NC(C)c1ccc(OC(F)(F)C(F)F)cc1)n1ncnc1N. The number of nitrogens with zero attached hydrogens (tertiary/aromatic N) is 3. The molecule has 0 aliphatic heterocycles. The van der Waals surface area contributed by atoms with Crippen molar-refractivity contribution in [3.8, 4) is 5.75 Å². The maximum atomic E-state index is 13.0. The van der Waals surface area contributed by atoms with E-state index in [1.165, 1.54) is 35.3 Å². The third-order valence-electron chi connectivity index (χ3n) is 3.97. The van der Waals surface area contributed by atoms with Gasteiger partial charge in [-0.05, 0) is 36.6 Å². The van der Waals surface area contributed by atoms with E-state index in [0.29, 0.717) is 28.4 Å². The summed E-state index contributed by atoms with van der Waals surface area (Å²) in [5.41, 5.74) is 7.09. The molecule has 0 saturated carbocycles. The van der Waals surface area contributed by atoms with E-state index in [4.69, 9.17) is 17.3 Å². The van der Waals surface area contributed by atoms with E-state index in [-0.39, 0.29) is 11.7 Å². The van der Waals surface area contributed by atoms with Crippen LogP contribution in [0.5, 0.6) is 5.75 Å². The van der Waals surface area contributed by atoms with Crippen LogP contribution >= 0.6 is 11.6 Å². The molecular formula is C18H20ClF4N5O. The number of halogens is 5. The van der Waals surface area contributed by atoms with Gasteiger partial charge in [0.05, 0.1) is 5.03 Å². The summed E-state index contributed by atoms with van der Waals surface area (Å²) in [4.78, 5) is 3.86. The number of ether oxygens (including phenoxy) is 1. The number of nitrogens with one attached hydrogen (secondary N) is 1. The van der Waals surface area contributed by atoms with Gasteiger partial charge in [-0.25, -0.2) is 0 Å². The lowest BCUT2D eigenvalue weighted by Crippen LogP contribution is -2.33. The van der Waals surface area contributed by atoms with E-state index < -0.39 is 18.6 Å². The number of nitrogens with two attached hydrogens (primary N) is 1. The fraction of sp³-hybridized carbons (Fsp3) is 0.333. The molecular weight excluding hydrogens is 414 g/mol. The van der Waals surface area contributed by atoms with Crippen molar-refractivity contribution in [2.75, 3.05) is 5.73 Å². The zero-order valence-corrected chi connectivity index (χ0v) is 16.4. The van der Waals surface area contributed by atoms with Gasteiger partial charge in [0.2, 0.25) is 5.95 Å². The fourth-order valence-electron chi connectivity index (χ4n) is 2.28. The molecule has 1 heterocycles. The smallest absolute Gasteiger partial charge is 0.428 e. The van der Waals surface area contributed by atoms with Crippen LogP contribution in [0, 0.1) is 0 Å². The zero-order chi connectivity index (χ0) is 21.8. The molecule has 3 N–H and O–H groups in total. The van der Waals surface area contributed by atoms with E-state index in [9.17, 15) is 17.6 Å². The van der Waals surface area contributed by atoms with Crippen molar-refractivity contribution in [3.63, 3.8) is 0 Å². The Labute approximate surface area is 170 Å². The lowest BCUT2D eigenvalue weighted by Gasteiger charge is -2.21. The predicted octanol–water partition coefficient (Wildman–Crippen LogP) is 4.78. The minimum Gasteiger partial charge on any atom is -0.428 e. The molecule has 2 aromatic rings. The summed E-state index contributed by atoms with van der Waals surface area (Å²) in [7, 11) is 0. The lowest BCUT2D eigenvalue weighted by atomic mass is 10.1. The zero-order valence-electron chi connectivity index (χ0n) is 15.7. The van der Waals surface area contributed by atoms with Crippen LogP contribution in [-0.4, -0.2) is 27.3 Å². The number of rotatable bonds is 9. The van der Waals surface area contributed by atoms with Gasteiger partial charge in [0, 0.05) is 6.04 Å². The normalized spacial score (nSPS) is 13.8. The molecule has 0 aliphatic rings. The molecule has 0 radical (unpaired) electrons. The molecule has 2 rings (SSSR count). The first-order chi connectivity index (χ1) is 13.6. The monoisotopic (exact) mass is 433 g/mol. The molecule has 6 nitrogen and oxygen atoms in total. The molecule has 1 aromatic carbocycles. The Morgan fingerprint density at radius 2 is 1.97 bits per heavy atom. The van der Waals surface area contributed by atoms with Crippen molar-refractivity contribution < 1.29 is 22.3 Å². The molecule has 0 aliphatic carbocycles. The Bertz CT molecular complexity index is 883.